The molecular formula is C11H14O. The van der Waals surface area contributed by atoms with Crippen LogP contribution in [0.4, 0.5) is 0 Å². The molecule has 1 aliphatic heterocycles. The van der Waals surface area contributed by atoms with Crippen molar-refractivity contribution in [3.63, 3.8) is 0 Å². The first-order valence-corrected chi connectivity index (χ1v) is 4.98. The van der Waals surface area contributed by atoms with Gasteiger partial charge in [0, 0.05) is 11.8 Å². The molecule has 1 nitrogen and oxygen atoms in total. The van der Waals surface area contributed by atoms with Crippen molar-refractivity contribution < 1.29 is 4.74 Å². The molecular weight excluding hydrogens is 148 g/mol. The van der Waals surface area contributed by atoms with Crippen LogP contribution < -0.4 is 0 Å². The van der Waals surface area contributed by atoms with Gasteiger partial charge in [-0.3, -0.25) is 0 Å². The van der Waals surface area contributed by atoms with Crippen LogP contribution in [-0.2, 0) is 4.74 Å². The summed E-state index contributed by atoms with van der Waals surface area (Å²) in [6, 6.07) is 0. The lowest BCUT2D eigenvalue weighted by Gasteiger charge is -2.21. The zero-order chi connectivity index (χ0) is 7.97. The molecule has 1 saturated heterocycles. The van der Waals surface area contributed by atoms with Gasteiger partial charge in [0.15, 0.2) is 0 Å². The van der Waals surface area contributed by atoms with Gasteiger partial charge >= 0.3 is 0 Å². The highest BCUT2D eigenvalue weighted by molar-refractivity contribution is 5.18. The van der Waals surface area contributed by atoms with E-state index in [0.29, 0.717) is 6.10 Å². The van der Waals surface area contributed by atoms with Crippen LogP contribution in [0.25, 0.3) is 0 Å². The van der Waals surface area contributed by atoms with E-state index in [4.69, 9.17) is 4.74 Å². The number of hydrogen-bond donors (Lipinski definition) is 0. The van der Waals surface area contributed by atoms with Crippen LogP contribution in [-0.4, -0.2) is 6.10 Å². The molecule has 0 spiro atoms. The second-order valence-electron chi connectivity index (χ2n) is 4.04. The Hall–Kier alpha value is -0.720. The van der Waals surface area contributed by atoms with E-state index in [1.54, 1.807) is 0 Å². The SMILES string of the molecule is C1=CC2OC3=CCCC3C2CC1. The molecule has 0 aromatic rings. The zero-order valence-electron chi connectivity index (χ0n) is 7.20. The van der Waals surface area contributed by atoms with Crippen molar-refractivity contribution >= 4 is 0 Å². The van der Waals surface area contributed by atoms with E-state index in [1.807, 2.05) is 0 Å². The summed E-state index contributed by atoms with van der Waals surface area (Å²) < 4.78 is 5.86. The second-order valence-corrected chi connectivity index (χ2v) is 4.04. The van der Waals surface area contributed by atoms with E-state index in [9.17, 15) is 0 Å². The number of allylic oxidation sites excluding steroid dienone is 3. The third-order valence-corrected chi connectivity index (χ3v) is 3.39. The number of hydrogen-bond acceptors (Lipinski definition) is 1. The average molecular weight is 162 g/mol. The Morgan fingerprint density at radius 3 is 3.25 bits per heavy atom. The summed E-state index contributed by atoms with van der Waals surface area (Å²) in [4.78, 5) is 0. The summed E-state index contributed by atoms with van der Waals surface area (Å²) in [5.41, 5.74) is 0. The van der Waals surface area contributed by atoms with Crippen LogP contribution in [0.5, 0.6) is 0 Å². The van der Waals surface area contributed by atoms with E-state index in [-0.39, 0.29) is 0 Å². The molecule has 0 aromatic heterocycles. The summed E-state index contributed by atoms with van der Waals surface area (Å²) in [7, 11) is 0. The lowest BCUT2D eigenvalue weighted by atomic mass is 9.82. The average Bonchev–Trinajstić information content (AvgIpc) is 2.62. The Labute approximate surface area is 73.1 Å². The summed E-state index contributed by atoms with van der Waals surface area (Å²) in [6.45, 7) is 0. The minimum absolute atomic E-state index is 0.426. The number of ether oxygens (including phenoxy) is 1. The predicted octanol–water partition coefficient (Wildman–Crippen LogP) is 2.65. The molecule has 3 unspecified atom stereocenters. The fourth-order valence-electron chi connectivity index (χ4n) is 2.80. The van der Waals surface area contributed by atoms with Crippen molar-refractivity contribution in [1.29, 1.82) is 0 Å². The lowest BCUT2D eigenvalue weighted by Crippen LogP contribution is -2.20. The van der Waals surface area contributed by atoms with Gasteiger partial charge in [-0.05, 0) is 37.8 Å². The largest absolute Gasteiger partial charge is 0.490 e. The molecule has 0 N–H and O–H groups in total. The second kappa shape index (κ2) is 2.38. The highest BCUT2D eigenvalue weighted by Crippen LogP contribution is 2.46. The number of rotatable bonds is 0. The Morgan fingerprint density at radius 1 is 1.25 bits per heavy atom. The molecule has 0 saturated carbocycles. The maximum absolute atomic E-state index is 5.86. The first-order chi connectivity index (χ1) is 5.95. The van der Waals surface area contributed by atoms with E-state index in [0.717, 1.165) is 11.8 Å². The predicted molar refractivity (Wildman–Crippen MR) is 47.5 cm³/mol. The first kappa shape index (κ1) is 6.76. The molecule has 3 atom stereocenters. The van der Waals surface area contributed by atoms with Crippen LogP contribution in [0.15, 0.2) is 24.0 Å². The van der Waals surface area contributed by atoms with E-state index < -0.39 is 0 Å². The van der Waals surface area contributed by atoms with Crippen molar-refractivity contribution in [3.8, 4) is 0 Å². The maximum atomic E-state index is 5.86. The van der Waals surface area contributed by atoms with E-state index in [1.165, 1.54) is 31.4 Å². The fraction of sp³-hybridized carbons (Fsp3) is 0.636. The van der Waals surface area contributed by atoms with Crippen molar-refractivity contribution in [2.75, 3.05) is 0 Å². The smallest absolute Gasteiger partial charge is 0.120 e. The van der Waals surface area contributed by atoms with Gasteiger partial charge in [0.05, 0.1) is 5.76 Å². The molecule has 1 heteroatoms. The van der Waals surface area contributed by atoms with Crippen LogP contribution >= 0.6 is 0 Å². The molecule has 2 aliphatic carbocycles. The standard InChI is InChI=1S/C11H14O/c1-2-6-10-8(4-1)9-5-3-7-11(9)12-10/h2,6-10H,1,3-5H2. The third kappa shape index (κ3) is 0.796. The molecule has 64 valence electrons. The maximum Gasteiger partial charge on any atom is 0.120 e. The summed E-state index contributed by atoms with van der Waals surface area (Å²) in [5.74, 6) is 2.89. The van der Waals surface area contributed by atoms with Crippen molar-refractivity contribution in [3.05, 3.63) is 24.0 Å². The van der Waals surface area contributed by atoms with Gasteiger partial charge in [0.25, 0.3) is 0 Å². The van der Waals surface area contributed by atoms with Crippen molar-refractivity contribution in [2.24, 2.45) is 11.8 Å². The van der Waals surface area contributed by atoms with Crippen LogP contribution in [0.2, 0.25) is 0 Å². The zero-order valence-corrected chi connectivity index (χ0v) is 7.20. The number of fused-ring (bicyclic) bond motifs is 3. The van der Waals surface area contributed by atoms with Gasteiger partial charge in [0.2, 0.25) is 0 Å². The van der Waals surface area contributed by atoms with E-state index in [2.05, 4.69) is 18.2 Å². The molecule has 1 heterocycles. The first-order valence-electron chi connectivity index (χ1n) is 4.98. The molecule has 1 fully saturated rings. The molecule has 0 amide bonds. The van der Waals surface area contributed by atoms with E-state index >= 15 is 0 Å². The molecule has 0 bridgehead atoms. The summed E-state index contributed by atoms with van der Waals surface area (Å²) in [5, 5.41) is 0. The molecule has 0 radical (unpaired) electrons. The minimum Gasteiger partial charge on any atom is -0.490 e. The van der Waals surface area contributed by atoms with Crippen molar-refractivity contribution in [1.82, 2.24) is 0 Å². The lowest BCUT2D eigenvalue weighted by molar-refractivity contribution is 0.162. The molecule has 3 aliphatic rings. The summed E-state index contributed by atoms with van der Waals surface area (Å²) >= 11 is 0. The van der Waals surface area contributed by atoms with Gasteiger partial charge in [-0.25, -0.2) is 0 Å². The normalized spacial score (nSPS) is 43.3. The minimum atomic E-state index is 0.426. The molecule has 3 rings (SSSR count). The fourth-order valence-corrected chi connectivity index (χ4v) is 2.80. The van der Waals surface area contributed by atoms with Crippen LogP contribution in [0, 0.1) is 11.8 Å². The monoisotopic (exact) mass is 162 g/mol. The highest BCUT2D eigenvalue weighted by atomic mass is 16.5. The van der Waals surface area contributed by atoms with Crippen LogP contribution in [0.3, 0.4) is 0 Å². The van der Waals surface area contributed by atoms with Crippen LogP contribution in [0.1, 0.15) is 25.7 Å². The van der Waals surface area contributed by atoms with Gasteiger partial charge in [-0.15, -0.1) is 0 Å². The Morgan fingerprint density at radius 2 is 2.25 bits per heavy atom. The van der Waals surface area contributed by atoms with Gasteiger partial charge in [-0.2, -0.15) is 0 Å². The van der Waals surface area contributed by atoms with Gasteiger partial charge in [0.1, 0.15) is 6.10 Å². The summed E-state index contributed by atoms with van der Waals surface area (Å²) in [6.07, 6.45) is 12.4. The van der Waals surface area contributed by atoms with Gasteiger partial charge in [-0.1, -0.05) is 6.08 Å². The Bertz CT molecular complexity index is 252. The third-order valence-electron chi connectivity index (χ3n) is 3.39. The Kier molecular flexibility index (Phi) is 1.34. The highest BCUT2D eigenvalue weighted by Gasteiger charge is 2.42. The quantitative estimate of drug-likeness (QED) is 0.497. The Balaban J connectivity index is 1.93. The van der Waals surface area contributed by atoms with Crippen molar-refractivity contribution in [2.45, 2.75) is 31.8 Å². The molecule has 0 aromatic carbocycles. The van der Waals surface area contributed by atoms with Gasteiger partial charge < -0.3 is 4.74 Å². The molecule has 12 heavy (non-hydrogen) atoms. The topological polar surface area (TPSA) is 9.23 Å².